The van der Waals surface area contributed by atoms with Crippen LogP contribution in [0.15, 0.2) is 22.5 Å². The van der Waals surface area contributed by atoms with Gasteiger partial charge in [0.15, 0.2) is 5.96 Å². The molecule has 1 heterocycles. The lowest BCUT2D eigenvalue weighted by molar-refractivity contribution is 0.252. The molecule has 1 atom stereocenters. The van der Waals surface area contributed by atoms with Gasteiger partial charge in [-0.25, -0.2) is 0 Å². The summed E-state index contributed by atoms with van der Waals surface area (Å²) >= 11 is 1.83. The van der Waals surface area contributed by atoms with Crippen molar-refractivity contribution in [1.82, 2.24) is 15.1 Å². The van der Waals surface area contributed by atoms with E-state index in [0.29, 0.717) is 6.04 Å². The molecule has 0 aliphatic heterocycles. The van der Waals surface area contributed by atoms with E-state index in [1.165, 1.54) is 17.7 Å². The molecule has 0 bridgehead atoms. The van der Waals surface area contributed by atoms with E-state index in [4.69, 9.17) is 4.99 Å². The molecule has 1 aromatic heterocycles. The minimum Gasteiger partial charge on any atom is -0.357 e. The fraction of sp³-hybridized carbons (Fsp3) is 0.706. The van der Waals surface area contributed by atoms with Crippen molar-refractivity contribution >= 4 is 17.3 Å². The van der Waals surface area contributed by atoms with Crippen LogP contribution in [0.5, 0.6) is 0 Å². The molecule has 1 aromatic rings. The maximum absolute atomic E-state index is 4.84. The van der Waals surface area contributed by atoms with Gasteiger partial charge in [-0.1, -0.05) is 6.07 Å². The van der Waals surface area contributed by atoms with Crippen LogP contribution in [-0.2, 0) is 6.42 Å². The zero-order valence-electron chi connectivity index (χ0n) is 14.4. The second kappa shape index (κ2) is 8.53. The molecule has 1 unspecified atom stereocenters. The van der Waals surface area contributed by atoms with Crippen LogP contribution in [0.4, 0.5) is 0 Å². The summed E-state index contributed by atoms with van der Waals surface area (Å²) in [6.07, 6.45) is 3.78. The van der Waals surface area contributed by atoms with Crippen molar-refractivity contribution in [2.75, 3.05) is 33.7 Å². The molecule has 124 valence electrons. The fourth-order valence-electron chi connectivity index (χ4n) is 2.50. The van der Waals surface area contributed by atoms with Crippen molar-refractivity contribution in [3.63, 3.8) is 0 Å². The normalized spacial score (nSPS) is 16.9. The van der Waals surface area contributed by atoms with Crippen LogP contribution in [0, 0.1) is 0 Å². The zero-order valence-corrected chi connectivity index (χ0v) is 15.2. The van der Waals surface area contributed by atoms with Gasteiger partial charge in [-0.05, 0) is 51.6 Å². The highest BCUT2D eigenvalue weighted by Gasteiger charge is 2.28. The average Bonchev–Trinajstić information content (AvgIpc) is 3.24. The molecule has 1 N–H and O–H groups in total. The number of hydrogen-bond acceptors (Lipinski definition) is 3. The van der Waals surface area contributed by atoms with Crippen molar-refractivity contribution in [3.8, 4) is 0 Å². The van der Waals surface area contributed by atoms with E-state index >= 15 is 0 Å². The summed E-state index contributed by atoms with van der Waals surface area (Å²) < 4.78 is 0. The Morgan fingerprint density at radius 1 is 1.45 bits per heavy atom. The quantitative estimate of drug-likeness (QED) is 0.590. The number of hydrogen-bond donors (Lipinski definition) is 1. The van der Waals surface area contributed by atoms with Gasteiger partial charge in [0.05, 0.1) is 6.54 Å². The minimum atomic E-state index is 0.506. The molecule has 0 amide bonds. The summed E-state index contributed by atoms with van der Waals surface area (Å²) in [5.41, 5.74) is 0. The van der Waals surface area contributed by atoms with Gasteiger partial charge in [-0.3, -0.25) is 9.89 Å². The van der Waals surface area contributed by atoms with Gasteiger partial charge in [-0.15, -0.1) is 11.3 Å². The number of guanidine groups is 1. The first kappa shape index (κ1) is 17.3. The highest BCUT2D eigenvalue weighted by Crippen LogP contribution is 2.26. The summed E-state index contributed by atoms with van der Waals surface area (Å²) in [6.45, 7) is 7.17. The van der Waals surface area contributed by atoms with E-state index in [1.54, 1.807) is 0 Å². The second-order valence-corrected chi connectivity index (χ2v) is 7.22. The predicted molar refractivity (Wildman–Crippen MR) is 96.9 cm³/mol. The lowest BCUT2D eigenvalue weighted by Gasteiger charge is -2.25. The van der Waals surface area contributed by atoms with E-state index in [-0.39, 0.29) is 0 Å². The standard InChI is InChI=1S/C17H30N4S/c1-5-18-17(19-13-14(2)21(4)15-8-9-15)20(3)11-10-16-7-6-12-22-16/h6-7,12,14-15H,5,8-11,13H2,1-4H3,(H,18,19). The monoisotopic (exact) mass is 322 g/mol. The molecule has 2 rings (SSSR count). The van der Waals surface area contributed by atoms with Crippen molar-refractivity contribution in [2.45, 2.75) is 45.2 Å². The summed E-state index contributed by atoms with van der Waals surface area (Å²) in [6, 6.07) is 5.63. The van der Waals surface area contributed by atoms with Gasteiger partial charge in [0, 0.05) is 37.1 Å². The Morgan fingerprint density at radius 2 is 2.23 bits per heavy atom. The van der Waals surface area contributed by atoms with Crippen molar-refractivity contribution in [1.29, 1.82) is 0 Å². The third kappa shape index (κ3) is 5.29. The third-order valence-corrected chi connectivity index (χ3v) is 5.23. The molecular formula is C17H30N4S. The second-order valence-electron chi connectivity index (χ2n) is 6.19. The molecule has 1 aliphatic rings. The average molecular weight is 323 g/mol. The topological polar surface area (TPSA) is 30.9 Å². The number of nitrogens with zero attached hydrogens (tertiary/aromatic N) is 3. The van der Waals surface area contributed by atoms with Crippen molar-refractivity contribution in [2.24, 2.45) is 4.99 Å². The SMILES string of the molecule is CCNC(=NCC(C)N(C)C1CC1)N(C)CCc1cccs1. The number of aliphatic imine (C=N–C) groups is 1. The first-order valence-electron chi connectivity index (χ1n) is 8.35. The molecule has 0 radical (unpaired) electrons. The Morgan fingerprint density at radius 3 is 2.82 bits per heavy atom. The summed E-state index contributed by atoms with van der Waals surface area (Å²) in [5, 5.41) is 5.56. The number of likely N-dealkylation sites (N-methyl/N-ethyl adjacent to an activating group) is 2. The molecule has 4 nitrogen and oxygen atoms in total. The van der Waals surface area contributed by atoms with Crippen LogP contribution < -0.4 is 5.32 Å². The summed E-state index contributed by atoms with van der Waals surface area (Å²) in [4.78, 5) is 11.0. The maximum Gasteiger partial charge on any atom is 0.193 e. The predicted octanol–water partition coefficient (Wildman–Crippen LogP) is 2.67. The minimum absolute atomic E-state index is 0.506. The molecule has 0 saturated heterocycles. The summed E-state index contributed by atoms with van der Waals surface area (Å²) in [5.74, 6) is 1.02. The molecule has 5 heteroatoms. The van der Waals surface area contributed by atoms with E-state index < -0.39 is 0 Å². The lowest BCUT2D eigenvalue weighted by Crippen LogP contribution is -2.41. The highest BCUT2D eigenvalue weighted by molar-refractivity contribution is 7.09. The zero-order chi connectivity index (χ0) is 15.9. The Bertz CT molecular complexity index is 453. The Balaban J connectivity index is 1.84. The van der Waals surface area contributed by atoms with Crippen LogP contribution in [0.2, 0.25) is 0 Å². The first-order chi connectivity index (χ1) is 10.6. The Labute approximate surface area is 139 Å². The van der Waals surface area contributed by atoms with Crippen molar-refractivity contribution < 1.29 is 0 Å². The van der Waals surface area contributed by atoms with Gasteiger partial charge in [-0.2, -0.15) is 0 Å². The summed E-state index contributed by atoms with van der Waals surface area (Å²) in [7, 11) is 4.36. The molecular weight excluding hydrogens is 292 g/mol. The largest absolute Gasteiger partial charge is 0.357 e. The van der Waals surface area contributed by atoms with Crippen LogP contribution in [0.25, 0.3) is 0 Å². The molecule has 0 aromatic carbocycles. The number of thiophene rings is 1. The van der Waals surface area contributed by atoms with Crippen LogP contribution in [0.3, 0.4) is 0 Å². The van der Waals surface area contributed by atoms with Crippen LogP contribution in [-0.4, -0.2) is 61.6 Å². The number of nitrogens with one attached hydrogen (secondary N) is 1. The Hall–Kier alpha value is -1.07. The smallest absolute Gasteiger partial charge is 0.193 e. The van der Waals surface area contributed by atoms with Gasteiger partial charge >= 0.3 is 0 Å². The van der Waals surface area contributed by atoms with Crippen molar-refractivity contribution in [3.05, 3.63) is 22.4 Å². The first-order valence-corrected chi connectivity index (χ1v) is 9.23. The van der Waals surface area contributed by atoms with Crippen LogP contribution >= 0.6 is 11.3 Å². The van der Waals surface area contributed by atoms with Gasteiger partial charge in [0.25, 0.3) is 0 Å². The molecule has 22 heavy (non-hydrogen) atoms. The van der Waals surface area contributed by atoms with E-state index in [2.05, 4.69) is 60.6 Å². The molecule has 1 saturated carbocycles. The molecule has 1 fully saturated rings. The van der Waals surface area contributed by atoms with E-state index in [1.807, 2.05) is 11.3 Å². The third-order valence-electron chi connectivity index (χ3n) is 4.29. The van der Waals surface area contributed by atoms with Gasteiger partial charge in [0.2, 0.25) is 0 Å². The lowest BCUT2D eigenvalue weighted by atomic mass is 10.3. The van der Waals surface area contributed by atoms with Gasteiger partial charge in [0.1, 0.15) is 0 Å². The molecule has 0 spiro atoms. The fourth-order valence-corrected chi connectivity index (χ4v) is 3.20. The number of rotatable bonds is 8. The highest BCUT2D eigenvalue weighted by atomic mass is 32.1. The van der Waals surface area contributed by atoms with Crippen LogP contribution in [0.1, 0.15) is 31.6 Å². The van der Waals surface area contributed by atoms with Gasteiger partial charge < -0.3 is 10.2 Å². The Kier molecular flexibility index (Phi) is 6.70. The van der Waals surface area contributed by atoms with E-state index in [9.17, 15) is 0 Å². The van der Waals surface area contributed by atoms with E-state index in [0.717, 1.165) is 38.1 Å². The molecule has 1 aliphatic carbocycles. The maximum atomic E-state index is 4.84.